The molecule has 2 aromatic carbocycles. The van der Waals surface area contributed by atoms with Crippen LogP contribution in [0.5, 0.6) is 0 Å². The molecular weight excluding hydrogens is 472 g/mol. The molecule has 1 aliphatic rings. The first-order valence-corrected chi connectivity index (χ1v) is 14.1. The SMILES string of the molecule is CCS(=O)(=O)c1ccc(CNC(=O)c2ccc3c(c2)CCN(Cc2ncc(C)cn2)C3C(C)C)cc1. The number of hydrogen-bond acceptors (Lipinski definition) is 6. The van der Waals surface area contributed by atoms with Crippen molar-refractivity contribution in [2.45, 2.75) is 58.1 Å². The van der Waals surface area contributed by atoms with Gasteiger partial charge in [-0.1, -0.05) is 39.0 Å². The fraction of sp³-hybridized carbons (Fsp3) is 0.393. The Morgan fingerprint density at radius 2 is 1.81 bits per heavy atom. The minimum absolute atomic E-state index is 0.0660. The highest BCUT2D eigenvalue weighted by atomic mass is 32.2. The van der Waals surface area contributed by atoms with Crippen molar-refractivity contribution in [2.75, 3.05) is 12.3 Å². The molecule has 8 heteroatoms. The molecule has 0 bridgehead atoms. The van der Waals surface area contributed by atoms with Gasteiger partial charge < -0.3 is 5.32 Å². The van der Waals surface area contributed by atoms with E-state index in [2.05, 4.69) is 40.1 Å². The number of rotatable bonds is 8. The van der Waals surface area contributed by atoms with Crippen molar-refractivity contribution >= 4 is 15.7 Å². The van der Waals surface area contributed by atoms with Crippen molar-refractivity contribution in [3.05, 3.63) is 88.5 Å². The monoisotopic (exact) mass is 506 g/mol. The van der Waals surface area contributed by atoms with Gasteiger partial charge >= 0.3 is 0 Å². The lowest BCUT2D eigenvalue weighted by molar-refractivity contribution is 0.0950. The van der Waals surface area contributed by atoms with Crippen LogP contribution >= 0.6 is 0 Å². The van der Waals surface area contributed by atoms with Gasteiger partial charge in [0.1, 0.15) is 5.82 Å². The Morgan fingerprint density at radius 3 is 2.44 bits per heavy atom. The maximum atomic E-state index is 12.9. The number of aromatic nitrogens is 2. The third-order valence-corrected chi connectivity index (χ3v) is 8.46. The first kappa shape index (κ1) is 26.0. The van der Waals surface area contributed by atoms with Gasteiger partial charge in [-0.05, 0) is 65.8 Å². The van der Waals surface area contributed by atoms with Crippen molar-refractivity contribution in [3.63, 3.8) is 0 Å². The third-order valence-electron chi connectivity index (χ3n) is 6.71. The van der Waals surface area contributed by atoms with E-state index in [1.54, 1.807) is 31.2 Å². The Balaban J connectivity index is 1.45. The van der Waals surface area contributed by atoms with E-state index in [1.807, 2.05) is 31.5 Å². The zero-order valence-corrected chi connectivity index (χ0v) is 22.2. The van der Waals surface area contributed by atoms with Crippen molar-refractivity contribution in [1.82, 2.24) is 20.2 Å². The van der Waals surface area contributed by atoms with Crippen LogP contribution in [0.25, 0.3) is 0 Å². The molecule has 190 valence electrons. The summed E-state index contributed by atoms with van der Waals surface area (Å²) in [6, 6.07) is 12.9. The van der Waals surface area contributed by atoms with Crippen LogP contribution in [-0.2, 0) is 29.3 Å². The molecule has 0 saturated carbocycles. The fourth-order valence-electron chi connectivity index (χ4n) is 4.76. The lowest BCUT2D eigenvalue weighted by Crippen LogP contribution is -2.38. The van der Waals surface area contributed by atoms with E-state index in [1.165, 1.54) is 11.1 Å². The number of carbonyl (C=O) groups excluding carboxylic acids is 1. The van der Waals surface area contributed by atoms with Gasteiger partial charge in [-0.3, -0.25) is 9.69 Å². The van der Waals surface area contributed by atoms with Crippen LogP contribution in [0.4, 0.5) is 0 Å². The van der Waals surface area contributed by atoms with Gasteiger partial charge in [0.05, 0.1) is 17.2 Å². The quantitative estimate of drug-likeness (QED) is 0.491. The van der Waals surface area contributed by atoms with E-state index < -0.39 is 9.84 Å². The average molecular weight is 507 g/mol. The van der Waals surface area contributed by atoms with E-state index >= 15 is 0 Å². The zero-order valence-electron chi connectivity index (χ0n) is 21.4. The van der Waals surface area contributed by atoms with E-state index in [4.69, 9.17) is 0 Å². The summed E-state index contributed by atoms with van der Waals surface area (Å²) in [5, 5.41) is 2.96. The maximum absolute atomic E-state index is 12.9. The summed E-state index contributed by atoms with van der Waals surface area (Å²) < 4.78 is 24.0. The van der Waals surface area contributed by atoms with Crippen molar-refractivity contribution in [2.24, 2.45) is 5.92 Å². The summed E-state index contributed by atoms with van der Waals surface area (Å²) in [6.07, 6.45) is 4.58. The highest BCUT2D eigenvalue weighted by Crippen LogP contribution is 2.36. The standard InChI is InChI=1S/C28H34N4O3S/c1-5-36(34,35)24-9-6-21(7-10-24)17-31-28(33)23-8-11-25-22(14-23)12-13-32(27(25)19(2)3)18-26-29-15-20(4)16-30-26/h6-11,14-16,19,27H,5,12-13,17-18H2,1-4H3,(H,31,33). The molecule has 2 heterocycles. The molecular formula is C28H34N4O3S. The van der Waals surface area contributed by atoms with Crippen LogP contribution in [0.2, 0.25) is 0 Å². The van der Waals surface area contributed by atoms with Gasteiger partial charge in [-0.15, -0.1) is 0 Å². The molecule has 1 aromatic heterocycles. The number of carbonyl (C=O) groups is 1. The van der Waals surface area contributed by atoms with Crippen LogP contribution in [0, 0.1) is 12.8 Å². The van der Waals surface area contributed by atoms with Crippen molar-refractivity contribution in [1.29, 1.82) is 0 Å². The number of aryl methyl sites for hydroxylation is 1. The van der Waals surface area contributed by atoms with Crippen LogP contribution < -0.4 is 5.32 Å². The van der Waals surface area contributed by atoms with Crippen LogP contribution in [0.1, 0.15) is 65.2 Å². The Bertz CT molecular complexity index is 1320. The van der Waals surface area contributed by atoms with Crippen LogP contribution in [0.3, 0.4) is 0 Å². The first-order chi connectivity index (χ1) is 17.2. The summed E-state index contributed by atoms with van der Waals surface area (Å²) in [5.74, 6) is 1.15. The predicted molar refractivity (Wildman–Crippen MR) is 140 cm³/mol. The predicted octanol–water partition coefficient (Wildman–Crippen LogP) is 4.26. The molecule has 36 heavy (non-hydrogen) atoms. The summed E-state index contributed by atoms with van der Waals surface area (Å²) in [7, 11) is -3.23. The number of nitrogens with zero attached hydrogens (tertiary/aromatic N) is 3. The van der Waals surface area contributed by atoms with Crippen LogP contribution in [-0.4, -0.2) is 41.5 Å². The van der Waals surface area contributed by atoms with Crippen molar-refractivity contribution < 1.29 is 13.2 Å². The highest BCUT2D eigenvalue weighted by molar-refractivity contribution is 7.91. The van der Waals surface area contributed by atoms with E-state index in [-0.39, 0.29) is 17.7 Å². The molecule has 7 nitrogen and oxygen atoms in total. The summed E-state index contributed by atoms with van der Waals surface area (Å²) in [5.41, 5.74) is 5.00. The molecule has 0 saturated heterocycles. The number of hydrogen-bond donors (Lipinski definition) is 1. The van der Waals surface area contributed by atoms with E-state index in [9.17, 15) is 13.2 Å². The molecule has 1 atom stereocenters. The maximum Gasteiger partial charge on any atom is 0.251 e. The number of sulfone groups is 1. The molecule has 0 spiro atoms. The zero-order chi connectivity index (χ0) is 25.9. The molecule has 1 unspecified atom stereocenters. The number of amides is 1. The molecule has 4 rings (SSSR count). The molecule has 0 aliphatic carbocycles. The molecule has 0 fully saturated rings. The van der Waals surface area contributed by atoms with Gasteiger partial charge in [0.15, 0.2) is 9.84 Å². The van der Waals surface area contributed by atoms with Gasteiger partial charge in [-0.25, -0.2) is 18.4 Å². The topological polar surface area (TPSA) is 92.3 Å². The summed E-state index contributed by atoms with van der Waals surface area (Å²) >= 11 is 0. The largest absolute Gasteiger partial charge is 0.348 e. The average Bonchev–Trinajstić information content (AvgIpc) is 2.88. The Hall–Kier alpha value is -3.10. The molecule has 3 aromatic rings. The summed E-state index contributed by atoms with van der Waals surface area (Å²) in [4.78, 5) is 24.6. The lowest BCUT2D eigenvalue weighted by atomic mass is 9.85. The molecule has 0 radical (unpaired) electrons. The fourth-order valence-corrected chi connectivity index (χ4v) is 5.64. The van der Waals surface area contributed by atoms with Gasteiger partial charge in [0, 0.05) is 37.1 Å². The Kier molecular flexibility index (Phi) is 7.85. The minimum atomic E-state index is -3.23. The third kappa shape index (κ3) is 5.82. The van der Waals surface area contributed by atoms with Crippen LogP contribution in [0.15, 0.2) is 59.8 Å². The van der Waals surface area contributed by atoms with Gasteiger partial charge in [-0.2, -0.15) is 0 Å². The highest BCUT2D eigenvalue weighted by Gasteiger charge is 2.30. The van der Waals surface area contributed by atoms with Gasteiger partial charge in [0.25, 0.3) is 5.91 Å². The Morgan fingerprint density at radius 1 is 1.11 bits per heavy atom. The number of benzene rings is 2. The van der Waals surface area contributed by atoms with Crippen molar-refractivity contribution in [3.8, 4) is 0 Å². The normalized spacial score (nSPS) is 16.1. The van der Waals surface area contributed by atoms with E-state index in [0.717, 1.165) is 29.9 Å². The second kappa shape index (κ2) is 10.9. The first-order valence-electron chi connectivity index (χ1n) is 12.4. The summed E-state index contributed by atoms with van der Waals surface area (Å²) in [6.45, 7) is 9.97. The Labute approximate surface area is 213 Å². The molecule has 1 amide bonds. The smallest absolute Gasteiger partial charge is 0.251 e. The van der Waals surface area contributed by atoms with E-state index in [0.29, 0.717) is 29.5 Å². The lowest BCUT2D eigenvalue weighted by Gasteiger charge is -2.39. The van der Waals surface area contributed by atoms with Gasteiger partial charge in [0.2, 0.25) is 0 Å². The molecule has 1 N–H and O–H groups in total. The number of fused-ring (bicyclic) bond motifs is 1. The second-order valence-electron chi connectivity index (χ2n) is 9.73. The second-order valence-corrected chi connectivity index (χ2v) is 12.0. The minimum Gasteiger partial charge on any atom is -0.348 e. The molecule has 1 aliphatic heterocycles. The number of nitrogens with one attached hydrogen (secondary N) is 1.